The van der Waals surface area contributed by atoms with Gasteiger partial charge in [0.25, 0.3) is 0 Å². The van der Waals surface area contributed by atoms with E-state index in [9.17, 15) is 9.59 Å². The fourth-order valence-corrected chi connectivity index (χ4v) is 1.93. The topological polar surface area (TPSA) is 102 Å². The number of nitriles is 1. The van der Waals surface area contributed by atoms with Crippen LogP contribution in [0.4, 0.5) is 10.5 Å². The molecular weight excluding hydrogens is 270 g/mol. The van der Waals surface area contributed by atoms with E-state index in [1.807, 2.05) is 19.9 Å². The molecule has 0 spiro atoms. The van der Waals surface area contributed by atoms with Gasteiger partial charge in [-0.15, -0.1) is 0 Å². The highest BCUT2D eigenvalue weighted by atomic mass is 16.4. The van der Waals surface area contributed by atoms with Crippen molar-refractivity contribution in [1.82, 2.24) is 5.32 Å². The number of hydrogen-bond donors (Lipinski definition) is 3. The number of anilines is 1. The first kappa shape index (κ1) is 16.5. The number of aryl methyl sites for hydroxylation is 1. The van der Waals surface area contributed by atoms with E-state index in [4.69, 9.17) is 10.4 Å². The van der Waals surface area contributed by atoms with Crippen molar-refractivity contribution >= 4 is 17.7 Å². The van der Waals surface area contributed by atoms with Gasteiger partial charge in [-0.3, -0.25) is 0 Å². The molecule has 1 aromatic carbocycles. The normalized spacial score (nSPS) is 11.6. The number of amides is 2. The van der Waals surface area contributed by atoms with Crippen molar-refractivity contribution in [2.45, 2.75) is 33.2 Å². The van der Waals surface area contributed by atoms with Crippen molar-refractivity contribution in [2.24, 2.45) is 5.92 Å². The van der Waals surface area contributed by atoms with Crippen molar-refractivity contribution in [3.05, 3.63) is 29.3 Å². The van der Waals surface area contributed by atoms with Gasteiger partial charge in [0.05, 0.1) is 11.3 Å². The zero-order chi connectivity index (χ0) is 16.0. The third-order valence-corrected chi connectivity index (χ3v) is 2.94. The molecule has 2 amide bonds. The molecular formula is C15H19N3O3. The first-order valence-corrected chi connectivity index (χ1v) is 6.65. The number of urea groups is 1. The minimum absolute atomic E-state index is 0.139. The Morgan fingerprint density at radius 2 is 2.05 bits per heavy atom. The molecule has 1 aromatic rings. The van der Waals surface area contributed by atoms with Crippen molar-refractivity contribution in [2.75, 3.05) is 5.32 Å². The molecule has 0 unspecified atom stereocenters. The van der Waals surface area contributed by atoms with Crippen molar-refractivity contribution in [3.63, 3.8) is 0 Å². The van der Waals surface area contributed by atoms with Gasteiger partial charge in [-0.25, -0.2) is 9.59 Å². The summed E-state index contributed by atoms with van der Waals surface area (Å²) in [5.74, 6) is -0.941. The number of rotatable bonds is 5. The van der Waals surface area contributed by atoms with E-state index in [1.54, 1.807) is 25.1 Å². The summed E-state index contributed by atoms with van der Waals surface area (Å²) in [5.41, 5.74) is 1.47. The van der Waals surface area contributed by atoms with Crippen LogP contribution in [0.2, 0.25) is 0 Å². The fourth-order valence-electron chi connectivity index (χ4n) is 1.93. The maximum absolute atomic E-state index is 11.9. The van der Waals surface area contributed by atoms with Gasteiger partial charge in [0.1, 0.15) is 12.1 Å². The third-order valence-electron chi connectivity index (χ3n) is 2.94. The van der Waals surface area contributed by atoms with Crippen molar-refractivity contribution < 1.29 is 14.7 Å². The first-order valence-electron chi connectivity index (χ1n) is 6.65. The third kappa shape index (κ3) is 4.80. The Labute approximate surface area is 123 Å². The van der Waals surface area contributed by atoms with Crippen LogP contribution in [0.25, 0.3) is 0 Å². The number of nitrogens with zero attached hydrogens (tertiary/aromatic N) is 1. The van der Waals surface area contributed by atoms with E-state index >= 15 is 0 Å². The smallest absolute Gasteiger partial charge is 0.326 e. The molecule has 0 aliphatic rings. The number of carboxylic acids is 1. The second-order valence-corrected chi connectivity index (χ2v) is 5.23. The van der Waals surface area contributed by atoms with Gasteiger partial charge < -0.3 is 15.7 Å². The van der Waals surface area contributed by atoms with E-state index in [0.717, 1.165) is 5.56 Å². The molecule has 0 bridgehead atoms. The number of aliphatic carboxylic acids is 1. The van der Waals surface area contributed by atoms with E-state index in [-0.39, 0.29) is 5.92 Å². The standard InChI is InChI=1S/C15H19N3O3/c1-9(2)7-13(14(19)20)18-15(21)17-12-6-4-5-10(3)11(12)8-16/h4-6,9,13H,7H2,1-3H3,(H,19,20)(H2,17,18,21)/t13-/m0/s1. The minimum atomic E-state index is -1.08. The summed E-state index contributed by atoms with van der Waals surface area (Å²) in [5, 5.41) is 23.1. The van der Waals surface area contributed by atoms with E-state index < -0.39 is 18.0 Å². The van der Waals surface area contributed by atoms with Gasteiger partial charge in [0.15, 0.2) is 0 Å². The number of benzene rings is 1. The molecule has 6 nitrogen and oxygen atoms in total. The van der Waals surface area contributed by atoms with Crippen LogP contribution in [-0.4, -0.2) is 23.1 Å². The van der Waals surface area contributed by atoms with Crippen molar-refractivity contribution in [1.29, 1.82) is 5.26 Å². The molecule has 0 heterocycles. The number of carbonyl (C=O) groups excluding carboxylic acids is 1. The van der Waals surface area contributed by atoms with Crippen LogP contribution in [0, 0.1) is 24.2 Å². The Kier molecular flexibility index (Phi) is 5.73. The van der Waals surface area contributed by atoms with Crippen molar-refractivity contribution in [3.8, 4) is 6.07 Å². The molecule has 112 valence electrons. The van der Waals surface area contributed by atoms with Crippen LogP contribution >= 0.6 is 0 Å². The zero-order valence-corrected chi connectivity index (χ0v) is 12.3. The highest BCUT2D eigenvalue weighted by molar-refractivity contribution is 5.93. The van der Waals surface area contributed by atoms with Gasteiger partial charge in [-0.1, -0.05) is 26.0 Å². The summed E-state index contributed by atoms with van der Waals surface area (Å²) in [4.78, 5) is 23.0. The average Bonchev–Trinajstić information content (AvgIpc) is 2.37. The summed E-state index contributed by atoms with van der Waals surface area (Å²) >= 11 is 0. The SMILES string of the molecule is Cc1cccc(NC(=O)N[C@@H](CC(C)C)C(=O)O)c1C#N. The van der Waals surface area contributed by atoms with Crippen LogP contribution < -0.4 is 10.6 Å². The number of hydrogen-bond acceptors (Lipinski definition) is 3. The lowest BCUT2D eigenvalue weighted by Crippen LogP contribution is -2.43. The van der Waals surface area contributed by atoms with Crippen LogP contribution in [0.3, 0.4) is 0 Å². The summed E-state index contributed by atoms with van der Waals surface area (Å²) < 4.78 is 0. The quantitative estimate of drug-likeness (QED) is 0.774. The minimum Gasteiger partial charge on any atom is -0.480 e. The fraction of sp³-hybridized carbons (Fsp3) is 0.400. The predicted octanol–water partition coefficient (Wildman–Crippen LogP) is 2.49. The highest BCUT2D eigenvalue weighted by Gasteiger charge is 2.21. The number of nitrogens with one attached hydrogen (secondary N) is 2. The Bertz CT molecular complexity index is 576. The Morgan fingerprint density at radius 3 is 2.57 bits per heavy atom. The zero-order valence-electron chi connectivity index (χ0n) is 12.3. The molecule has 3 N–H and O–H groups in total. The summed E-state index contributed by atoms with van der Waals surface area (Å²) in [6.07, 6.45) is 0.335. The number of carboxylic acid groups (broad SMARTS) is 1. The Balaban J connectivity index is 2.80. The van der Waals surface area contributed by atoms with Gasteiger partial charge in [0, 0.05) is 0 Å². The molecule has 0 aromatic heterocycles. The Hall–Kier alpha value is -2.55. The molecule has 21 heavy (non-hydrogen) atoms. The highest BCUT2D eigenvalue weighted by Crippen LogP contribution is 2.18. The molecule has 1 atom stereocenters. The largest absolute Gasteiger partial charge is 0.480 e. The second-order valence-electron chi connectivity index (χ2n) is 5.23. The summed E-state index contributed by atoms with van der Waals surface area (Å²) in [6, 6.07) is 5.51. The summed E-state index contributed by atoms with van der Waals surface area (Å²) in [7, 11) is 0. The lowest BCUT2D eigenvalue weighted by atomic mass is 10.0. The maximum atomic E-state index is 11.9. The van der Waals surface area contributed by atoms with Gasteiger partial charge in [-0.05, 0) is 30.9 Å². The van der Waals surface area contributed by atoms with Gasteiger partial charge >= 0.3 is 12.0 Å². The number of carbonyl (C=O) groups is 2. The average molecular weight is 289 g/mol. The molecule has 0 saturated heterocycles. The Morgan fingerprint density at radius 1 is 1.38 bits per heavy atom. The monoisotopic (exact) mass is 289 g/mol. The van der Waals surface area contributed by atoms with E-state index in [0.29, 0.717) is 17.7 Å². The lowest BCUT2D eigenvalue weighted by molar-refractivity contribution is -0.139. The molecule has 0 fully saturated rings. The summed E-state index contributed by atoms with van der Waals surface area (Å²) in [6.45, 7) is 5.52. The van der Waals surface area contributed by atoms with Crippen LogP contribution in [-0.2, 0) is 4.79 Å². The molecule has 0 aliphatic carbocycles. The molecule has 1 rings (SSSR count). The van der Waals surface area contributed by atoms with E-state index in [2.05, 4.69) is 10.6 Å². The molecule has 6 heteroatoms. The molecule has 0 saturated carbocycles. The van der Waals surface area contributed by atoms with Crippen LogP contribution in [0.1, 0.15) is 31.4 Å². The molecule has 0 aliphatic heterocycles. The van der Waals surface area contributed by atoms with Gasteiger partial charge in [0.2, 0.25) is 0 Å². The van der Waals surface area contributed by atoms with Crippen LogP contribution in [0.15, 0.2) is 18.2 Å². The van der Waals surface area contributed by atoms with Crippen LogP contribution in [0.5, 0.6) is 0 Å². The maximum Gasteiger partial charge on any atom is 0.326 e. The molecule has 0 radical (unpaired) electrons. The van der Waals surface area contributed by atoms with Gasteiger partial charge in [-0.2, -0.15) is 5.26 Å². The lowest BCUT2D eigenvalue weighted by Gasteiger charge is -2.17. The second kappa shape index (κ2) is 7.29. The predicted molar refractivity (Wildman–Crippen MR) is 78.9 cm³/mol. The van der Waals surface area contributed by atoms with E-state index in [1.165, 1.54) is 0 Å². The first-order chi connectivity index (χ1) is 9.85.